The van der Waals surface area contributed by atoms with Crippen molar-refractivity contribution < 1.29 is 14.6 Å². The van der Waals surface area contributed by atoms with Gasteiger partial charge >= 0.3 is 5.97 Å². The van der Waals surface area contributed by atoms with Crippen molar-refractivity contribution in [3.63, 3.8) is 0 Å². The zero-order valence-electron chi connectivity index (χ0n) is 11.9. The summed E-state index contributed by atoms with van der Waals surface area (Å²) in [4.78, 5) is 11.3. The second-order valence-electron chi connectivity index (χ2n) is 5.39. The highest BCUT2D eigenvalue weighted by Crippen LogP contribution is 2.26. The number of fused-ring (bicyclic) bond motifs is 1. The third-order valence-corrected chi connectivity index (χ3v) is 3.26. The lowest BCUT2D eigenvalue weighted by atomic mass is 10.1. The van der Waals surface area contributed by atoms with Crippen LogP contribution in [0.2, 0.25) is 0 Å². The summed E-state index contributed by atoms with van der Waals surface area (Å²) in [5, 5.41) is 11.2. The summed E-state index contributed by atoms with van der Waals surface area (Å²) in [5.74, 6) is 0.142. The largest absolute Gasteiger partial charge is 0.493 e. The van der Waals surface area contributed by atoms with Crippen LogP contribution < -0.4 is 4.74 Å². The third kappa shape index (κ3) is 3.50. The number of ether oxygens (including phenoxy) is 1. The molecule has 0 fully saturated rings. The van der Waals surface area contributed by atoms with Crippen LogP contribution in [-0.4, -0.2) is 17.7 Å². The van der Waals surface area contributed by atoms with Crippen molar-refractivity contribution in [2.75, 3.05) is 6.61 Å². The molecule has 2 aromatic rings. The van der Waals surface area contributed by atoms with Crippen LogP contribution in [0, 0.1) is 5.92 Å². The number of carboxylic acids is 1. The van der Waals surface area contributed by atoms with Crippen molar-refractivity contribution >= 4 is 16.7 Å². The smallest absolute Gasteiger partial charge is 0.339 e. The molecule has 0 amide bonds. The Morgan fingerprint density at radius 1 is 1.20 bits per heavy atom. The number of hydrogen-bond acceptors (Lipinski definition) is 2. The molecular weight excluding hydrogens is 252 g/mol. The average molecular weight is 272 g/mol. The van der Waals surface area contributed by atoms with Crippen LogP contribution in [0.4, 0.5) is 0 Å². The summed E-state index contributed by atoms with van der Waals surface area (Å²) in [6.45, 7) is 4.88. The maximum absolute atomic E-state index is 11.3. The van der Waals surface area contributed by atoms with Gasteiger partial charge in [-0.15, -0.1) is 0 Å². The lowest BCUT2D eigenvalue weighted by Gasteiger charge is -2.11. The predicted molar refractivity (Wildman–Crippen MR) is 80.5 cm³/mol. The van der Waals surface area contributed by atoms with Crippen LogP contribution in [-0.2, 0) is 0 Å². The van der Waals surface area contributed by atoms with Gasteiger partial charge in [-0.2, -0.15) is 0 Å². The van der Waals surface area contributed by atoms with Crippen LogP contribution >= 0.6 is 0 Å². The second kappa shape index (κ2) is 6.42. The molecule has 0 saturated heterocycles. The summed E-state index contributed by atoms with van der Waals surface area (Å²) in [7, 11) is 0. The van der Waals surface area contributed by atoms with Gasteiger partial charge in [0, 0.05) is 0 Å². The van der Waals surface area contributed by atoms with Gasteiger partial charge in [0.25, 0.3) is 0 Å². The predicted octanol–water partition coefficient (Wildman–Crippen LogP) is 4.35. The Hall–Kier alpha value is -2.03. The van der Waals surface area contributed by atoms with Gasteiger partial charge in [0.2, 0.25) is 0 Å². The standard InChI is InChI=1S/C17H20O3/c1-12(2)6-5-9-20-16-11-14-8-4-3-7-13(14)10-15(16)17(18)19/h3-4,7-8,10-12H,5-6,9H2,1-2H3,(H,18,19). The van der Waals surface area contributed by atoms with Crippen molar-refractivity contribution in [2.45, 2.75) is 26.7 Å². The van der Waals surface area contributed by atoms with E-state index in [1.807, 2.05) is 30.3 Å². The molecule has 3 heteroatoms. The number of hydrogen-bond donors (Lipinski definition) is 1. The average Bonchev–Trinajstić information content (AvgIpc) is 2.42. The fourth-order valence-corrected chi connectivity index (χ4v) is 2.18. The van der Waals surface area contributed by atoms with Crippen molar-refractivity contribution in [2.24, 2.45) is 5.92 Å². The van der Waals surface area contributed by atoms with Crippen LogP contribution in [0.3, 0.4) is 0 Å². The van der Waals surface area contributed by atoms with E-state index >= 15 is 0 Å². The van der Waals surface area contributed by atoms with E-state index in [0.29, 0.717) is 18.3 Å². The Balaban J connectivity index is 2.21. The number of benzene rings is 2. The highest BCUT2D eigenvalue weighted by molar-refractivity contribution is 5.97. The van der Waals surface area contributed by atoms with Gasteiger partial charge in [0.15, 0.2) is 0 Å². The molecule has 2 aromatic carbocycles. The van der Waals surface area contributed by atoms with Crippen molar-refractivity contribution in [1.29, 1.82) is 0 Å². The van der Waals surface area contributed by atoms with Crippen LogP contribution in [0.5, 0.6) is 5.75 Å². The van der Waals surface area contributed by atoms with E-state index in [1.165, 1.54) is 0 Å². The van der Waals surface area contributed by atoms with E-state index < -0.39 is 5.97 Å². The Morgan fingerprint density at radius 3 is 2.45 bits per heavy atom. The van der Waals surface area contributed by atoms with E-state index in [2.05, 4.69) is 13.8 Å². The Morgan fingerprint density at radius 2 is 1.85 bits per heavy atom. The number of rotatable bonds is 6. The molecule has 0 spiro atoms. The molecule has 0 aliphatic carbocycles. The third-order valence-electron chi connectivity index (χ3n) is 3.26. The summed E-state index contributed by atoms with van der Waals surface area (Å²) < 4.78 is 5.68. The molecule has 0 aromatic heterocycles. The lowest BCUT2D eigenvalue weighted by Crippen LogP contribution is -2.05. The van der Waals surface area contributed by atoms with Crippen LogP contribution in [0.25, 0.3) is 10.8 Å². The molecule has 1 N–H and O–H groups in total. The van der Waals surface area contributed by atoms with E-state index in [9.17, 15) is 9.90 Å². The van der Waals surface area contributed by atoms with Crippen molar-refractivity contribution in [3.05, 3.63) is 42.0 Å². The van der Waals surface area contributed by atoms with Crippen LogP contribution in [0.15, 0.2) is 36.4 Å². The highest BCUT2D eigenvalue weighted by atomic mass is 16.5. The van der Waals surface area contributed by atoms with Crippen molar-refractivity contribution in [1.82, 2.24) is 0 Å². The Kier molecular flexibility index (Phi) is 4.61. The van der Waals surface area contributed by atoms with Crippen molar-refractivity contribution in [3.8, 4) is 5.75 Å². The zero-order valence-corrected chi connectivity index (χ0v) is 11.9. The summed E-state index contributed by atoms with van der Waals surface area (Å²) in [5.41, 5.74) is 0.230. The first kappa shape index (κ1) is 14.4. The topological polar surface area (TPSA) is 46.5 Å². The van der Waals surface area contributed by atoms with Crippen LogP contribution in [0.1, 0.15) is 37.0 Å². The lowest BCUT2D eigenvalue weighted by molar-refractivity contribution is 0.0692. The molecule has 3 nitrogen and oxygen atoms in total. The normalized spacial score (nSPS) is 10.9. The van der Waals surface area contributed by atoms with Gasteiger partial charge in [-0.1, -0.05) is 38.1 Å². The molecule has 0 aliphatic heterocycles. The molecule has 0 aliphatic rings. The monoisotopic (exact) mass is 272 g/mol. The van der Waals surface area contributed by atoms with Gasteiger partial charge in [-0.05, 0) is 41.7 Å². The molecule has 0 unspecified atom stereocenters. The molecule has 0 atom stereocenters. The maximum atomic E-state index is 11.3. The first-order chi connectivity index (χ1) is 9.58. The molecule has 20 heavy (non-hydrogen) atoms. The second-order valence-corrected chi connectivity index (χ2v) is 5.39. The number of carbonyl (C=O) groups is 1. The molecule has 106 valence electrons. The van der Waals surface area contributed by atoms with E-state index in [0.717, 1.165) is 23.6 Å². The molecular formula is C17H20O3. The van der Waals surface area contributed by atoms with Gasteiger partial charge < -0.3 is 9.84 Å². The minimum atomic E-state index is -0.949. The van der Waals surface area contributed by atoms with E-state index in [1.54, 1.807) is 6.07 Å². The summed E-state index contributed by atoms with van der Waals surface area (Å²) in [6, 6.07) is 11.2. The summed E-state index contributed by atoms with van der Waals surface area (Å²) in [6.07, 6.45) is 2.01. The number of carboxylic acid groups (broad SMARTS) is 1. The van der Waals surface area contributed by atoms with Gasteiger partial charge in [-0.25, -0.2) is 4.79 Å². The zero-order chi connectivity index (χ0) is 14.5. The highest BCUT2D eigenvalue weighted by Gasteiger charge is 2.12. The Bertz CT molecular complexity index is 602. The minimum Gasteiger partial charge on any atom is -0.493 e. The van der Waals surface area contributed by atoms with Gasteiger partial charge in [-0.3, -0.25) is 0 Å². The first-order valence-electron chi connectivity index (χ1n) is 6.97. The van der Waals surface area contributed by atoms with Gasteiger partial charge in [0.05, 0.1) is 6.61 Å². The molecule has 0 bridgehead atoms. The van der Waals surface area contributed by atoms with E-state index in [4.69, 9.17) is 4.74 Å². The molecule has 0 heterocycles. The maximum Gasteiger partial charge on any atom is 0.339 e. The first-order valence-corrected chi connectivity index (χ1v) is 6.97. The Labute approximate surface area is 119 Å². The van der Waals surface area contributed by atoms with Gasteiger partial charge in [0.1, 0.15) is 11.3 Å². The fraction of sp³-hybridized carbons (Fsp3) is 0.353. The molecule has 0 radical (unpaired) electrons. The minimum absolute atomic E-state index is 0.230. The fourth-order valence-electron chi connectivity index (χ4n) is 2.18. The molecule has 0 saturated carbocycles. The number of aromatic carboxylic acids is 1. The summed E-state index contributed by atoms with van der Waals surface area (Å²) >= 11 is 0. The molecule has 2 rings (SSSR count). The SMILES string of the molecule is CC(C)CCCOc1cc2ccccc2cc1C(=O)O. The quantitative estimate of drug-likeness (QED) is 0.795. The van der Waals surface area contributed by atoms with E-state index in [-0.39, 0.29) is 5.56 Å².